The van der Waals surface area contributed by atoms with Gasteiger partial charge in [-0.25, -0.2) is 9.59 Å². The van der Waals surface area contributed by atoms with E-state index in [4.69, 9.17) is 9.47 Å². The molecule has 6 nitrogen and oxygen atoms in total. The zero-order valence-corrected chi connectivity index (χ0v) is 13.9. The molecule has 0 atom stereocenters. The number of alkyl carbamates (subject to hydrolysis) is 1. The monoisotopic (exact) mass is 311 g/mol. The van der Waals surface area contributed by atoms with E-state index in [9.17, 15) is 14.4 Å². The summed E-state index contributed by atoms with van der Waals surface area (Å²) in [5.74, 6) is -0.499. The molecule has 1 N–H and O–H groups in total. The summed E-state index contributed by atoms with van der Waals surface area (Å²) in [5, 5.41) is 2.58. The largest absolute Gasteiger partial charge is 0.462 e. The van der Waals surface area contributed by atoms with E-state index in [1.165, 1.54) is 6.08 Å². The van der Waals surface area contributed by atoms with E-state index < -0.39 is 17.7 Å². The Balaban J connectivity index is 4.58. The second kappa shape index (κ2) is 9.76. The number of carbonyl (C=O) groups excluding carboxylic acids is 3. The quantitative estimate of drug-likeness (QED) is 0.257. The van der Waals surface area contributed by atoms with Crippen molar-refractivity contribution in [1.82, 2.24) is 5.32 Å². The van der Waals surface area contributed by atoms with Gasteiger partial charge in [0.05, 0.1) is 12.2 Å². The van der Waals surface area contributed by atoms with Crippen molar-refractivity contribution < 1.29 is 23.9 Å². The van der Waals surface area contributed by atoms with Gasteiger partial charge in [-0.2, -0.15) is 0 Å². The molecule has 124 valence electrons. The van der Waals surface area contributed by atoms with Gasteiger partial charge >= 0.3 is 12.1 Å². The fourth-order valence-electron chi connectivity index (χ4n) is 1.41. The van der Waals surface area contributed by atoms with E-state index in [1.807, 2.05) is 0 Å². The molecule has 0 aliphatic heterocycles. The summed E-state index contributed by atoms with van der Waals surface area (Å²) in [6, 6.07) is 0. The highest BCUT2D eigenvalue weighted by molar-refractivity contribution is 5.93. The van der Waals surface area contributed by atoms with Crippen molar-refractivity contribution >= 4 is 18.3 Å². The number of carbonyl (C=O) groups is 3. The number of aldehydes is 1. The van der Waals surface area contributed by atoms with E-state index in [0.717, 1.165) is 0 Å². The van der Waals surface area contributed by atoms with Crippen molar-refractivity contribution in [3.63, 3.8) is 0 Å². The average Bonchev–Trinajstić information content (AvgIpc) is 2.40. The van der Waals surface area contributed by atoms with E-state index in [1.54, 1.807) is 40.7 Å². The highest BCUT2D eigenvalue weighted by atomic mass is 16.6. The van der Waals surface area contributed by atoms with Crippen LogP contribution in [0.3, 0.4) is 0 Å². The number of amides is 1. The normalized spacial score (nSPS) is 12.6. The summed E-state index contributed by atoms with van der Waals surface area (Å²) in [6.45, 7) is 9.19. The van der Waals surface area contributed by atoms with Gasteiger partial charge in [-0.15, -0.1) is 0 Å². The van der Waals surface area contributed by atoms with Gasteiger partial charge in [-0.05, 0) is 52.7 Å². The number of nitrogens with one attached hydrogen (secondary N) is 1. The number of ether oxygens (including phenoxy) is 2. The first-order valence-corrected chi connectivity index (χ1v) is 7.17. The van der Waals surface area contributed by atoms with Crippen LogP contribution in [0.25, 0.3) is 0 Å². The van der Waals surface area contributed by atoms with Crippen LogP contribution in [0.4, 0.5) is 4.79 Å². The Kier molecular flexibility index (Phi) is 8.82. The summed E-state index contributed by atoms with van der Waals surface area (Å²) in [5.41, 5.74) is 0.150. The smallest absolute Gasteiger partial charge is 0.407 e. The third kappa shape index (κ3) is 9.74. The van der Waals surface area contributed by atoms with Crippen molar-refractivity contribution in [2.75, 3.05) is 13.2 Å². The molecule has 0 aliphatic carbocycles. The topological polar surface area (TPSA) is 81.7 Å². The summed E-state index contributed by atoms with van der Waals surface area (Å²) in [6.07, 6.45) is 3.63. The highest BCUT2D eigenvalue weighted by Gasteiger charge is 2.15. The number of esters is 1. The molecule has 0 aliphatic rings. The Morgan fingerprint density at radius 2 is 1.86 bits per heavy atom. The van der Waals surface area contributed by atoms with Crippen LogP contribution in [0.1, 0.15) is 41.0 Å². The molecule has 0 fully saturated rings. The highest BCUT2D eigenvalue weighted by Crippen LogP contribution is 2.07. The lowest BCUT2D eigenvalue weighted by atomic mass is 10.1. The fourth-order valence-corrected chi connectivity index (χ4v) is 1.41. The molecule has 0 aromatic heterocycles. The van der Waals surface area contributed by atoms with Gasteiger partial charge in [0.15, 0.2) is 0 Å². The predicted molar refractivity (Wildman–Crippen MR) is 83.4 cm³/mol. The van der Waals surface area contributed by atoms with Gasteiger partial charge in [0, 0.05) is 6.54 Å². The molecule has 0 aromatic carbocycles. The first kappa shape index (κ1) is 19.9. The Morgan fingerprint density at radius 1 is 1.23 bits per heavy atom. The number of hydrogen-bond acceptors (Lipinski definition) is 5. The first-order chi connectivity index (χ1) is 10.2. The Bertz CT molecular complexity index is 458. The van der Waals surface area contributed by atoms with E-state index in [-0.39, 0.29) is 12.2 Å². The molecule has 22 heavy (non-hydrogen) atoms. The number of rotatable bonds is 7. The Morgan fingerprint density at radius 3 is 2.36 bits per heavy atom. The predicted octanol–water partition coefficient (Wildman–Crippen LogP) is 2.54. The maximum Gasteiger partial charge on any atom is 0.407 e. The summed E-state index contributed by atoms with van der Waals surface area (Å²) >= 11 is 0. The number of hydrogen-bond donors (Lipinski definition) is 1. The fraction of sp³-hybridized carbons (Fsp3) is 0.562. The number of allylic oxidation sites excluding steroid dienone is 1. The van der Waals surface area contributed by atoms with Crippen LogP contribution in [0.15, 0.2) is 23.3 Å². The second-order valence-electron chi connectivity index (χ2n) is 5.60. The third-order valence-electron chi connectivity index (χ3n) is 2.26. The van der Waals surface area contributed by atoms with Crippen LogP contribution < -0.4 is 5.32 Å². The zero-order valence-electron chi connectivity index (χ0n) is 13.9. The molecule has 0 aromatic rings. The molecule has 0 spiro atoms. The lowest BCUT2D eigenvalue weighted by molar-refractivity contribution is -0.138. The Labute approximate surface area is 131 Å². The summed E-state index contributed by atoms with van der Waals surface area (Å²) in [4.78, 5) is 33.9. The molecule has 0 rings (SSSR count). The third-order valence-corrected chi connectivity index (χ3v) is 2.26. The van der Waals surface area contributed by atoms with E-state index in [0.29, 0.717) is 24.8 Å². The minimum atomic E-state index is -0.556. The second-order valence-corrected chi connectivity index (χ2v) is 5.60. The van der Waals surface area contributed by atoms with Gasteiger partial charge in [-0.1, -0.05) is 6.08 Å². The molecule has 0 unspecified atom stereocenters. The Hall–Kier alpha value is -2.11. The average molecular weight is 311 g/mol. The molecule has 1 amide bonds. The molecule has 0 saturated heterocycles. The minimum absolute atomic E-state index is 0.250. The van der Waals surface area contributed by atoms with Gasteiger partial charge in [0.25, 0.3) is 0 Å². The van der Waals surface area contributed by atoms with Gasteiger partial charge in [0.1, 0.15) is 11.9 Å². The molecule has 0 saturated carbocycles. The van der Waals surface area contributed by atoms with Crippen molar-refractivity contribution in [3.05, 3.63) is 23.3 Å². The molecular weight excluding hydrogens is 286 g/mol. The molecule has 0 heterocycles. The summed E-state index contributed by atoms with van der Waals surface area (Å²) < 4.78 is 10.0. The molecule has 0 bridgehead atoms. The molecular formula is C16H25NO5. The summed E-state index contributed by atoms with van der Waals surface area (Å²) in [7, 11) is 0. The lowest BCUT2D eigenvalue weighted by Crippen LogP contribution is -2.32. The minimum Gasteiger partial charge on any atom is -0.462 e. The van der Waals surface area contributed by atoms with Crippen LogP contribution in [0, 0.1) is 0 Å². The zero-order chi connectivity index (χ0) is 17.2. The van der Waals surface area contributed by atoms with Crippen molar-refractivity contribution in [3.8, 4) is 0 Å². The maximum absolute atomic E-state index is 11.7. The molecule has 0 radical (unpaired) electrons. The van der Waals surface area contributed by atoms with Crippen LogP contribution in [0.2, 0.25) is 0 Å². The van der Waals surface area contributed by atoms with Crippen molar-refractivity contribution in [1.29, 1.82) is 0 Å². The van der Waals surface area contributed by atoms with Crippen LogP contribution in [0.5, 0.6) is 0 Å². The van der Waals surface area contributed by atoms with Crippen molar-refractivity contribution in [2.45, 2.75) is 46.6 Å². The van der Waals surface area contributed by atoms with E-state index in [2.05, 4.69) is 5.32 Å². The van der Waals surface area contributed by atoms with Gasteiger partial charge in [0.2, 0.25) is 0 Å². The standard InChI is InChI=1S/C16H25NO5/c1-6-21-14(19)13(10-12(2)11-18)8-7-9-17-15(20)22-16(3,4)5/h8,10-11H,6-7,9H2,1-5H3,(H,17,20)/b12-10+,13-8+. The van der Waals surface area contributed by atoms with Crippen molar-refractivity contribution in [2.24, 2.45) is 0 Å². The van der Waals surface area contributed by atoms with Gasteiger partial charge in [-0.3, -0.25) is 4.79 Å². The van der Waals surface area contributed by atoms with Crippen LogP contribution >= 0.6 is 0 Å². The SMILES string of the molecule is CCOC(=O)C(/C=C(\C)C=O)=C/CCNC(=O)OC(C)(C)C. The molecule has 6 heteroatoms. The lowest BCUT2D eigenvalue weighted by Gasteiger charge is -2.19. The first-order valence-electron chi connectivity index (χ1n) is 7.17. The maximum atomic E-state index is 11.7. The van der Waals surface area contributed by atoms with Crippen LogP contribution in [-0.4, -0.2) is 37.1 Å². The van der Waals surface area contributed by atoms with Crippen LogP contribution in [-0.2, 0) is 19.1 Å². The van der Waals surface area contributed by atoms with Gasteiger partial charge < -0.3 is 14.8 Å². The van der Waals surface area contributed by atoms with E-state index >= 15 is 0 Å².